The fourth-order valence-corrected chi connectivity index (χ4v) is 3.86. The first-order valence-corrected chi connectivity index (χ1v) is 8.14. The Hall–Kier alpha value is 0.270. The quantitative estimate of drug-likeness (QED) is 0.821. The molecule has 2 aliphatic rings. The van der Waals surface area contributed by atoms with Gasteiger partial charge in [-0.25, -0.2) is 0 Å². The minimum Gasteiger partial charge on any atom is -0.392 e. The van der Waals surface area contributed by atoms with E-state index in [4.69, 9.17) is 4.74 Å². The summed E-state index contributed by atoms with van der Waals surface area (Å²) in [5, 5.41) is 11.0. The third kappa shape index (κ3) is 3.39. The number of aliphatic hydroxyl groups excluding tert-OH is 1. The molecule has 3 unspecified atom stereocenters. The van der Waals surface area contributed by atoms with Gasteiger partial charge in [0.1, 0.15) is 0 Å². The maximum absolute atomic E-state index is 10.3. The average molecular weight is 258 g/mol. The predicted octanol–water partition coefficient (Wildman–Crippen LogP) is 3.23. The van der Waals surface area contributed by atoms with E-state index in [1.807, 2.05) is 11.8 Å². The van der Waals surface area contributed by atoms with E-state index >= 15 is 0 Å². The zero-order valence-electron chi connectivity index (χ0n) is 11.2. The van der Waals surface area contributed by atoms with E-state index in [1.54, 1.807) is 0 Å². The van der Waals surface area contributed by atoms with E-state index in [0.29, 0.717) is 11.2 Å². The van der Waals surface area contributed by atoms with Crippen molar-refractivity contribution in [1.29, 1.82) is 0 Å². The maximum Gasteiger partial charge on any atom is 0.0686 e. The Balaban J connectivity index is 1.76. The molecule has 1 heterocycles. The van der Waals surface area contributed by atoms with Gasteiger partial charge in [-0.15, -0.1) is 0 Å². The van der Waals surface area contributed by atoms with Crippen LogP contribution in [0, 0.1) is 5.92 Å². The molecule has 17 heavy (non-hydrogen) atoms. The van der Waals surface area contributed by atoms with Crippen molar-refractivity contribution in [3.05, 3.63) is 0 Å². The topological polar surface area (TPSA) is 29.5 Å². The van der Waals surface area contributed by atoms with Crippen molar-refractivity contribution in [3.8, 4) is 0 Å². The lowest BCUT2D eigenvalue weighted by Crippen LogP contribution is -2.48. The van der Waals surface area contributed by atoms with Gasteiger partial charge in [0.25, 0.3) is 0 Å². The summed E-state index contributed by atoms with van der Waals surface area (Å²) < 4.78 is 5.91. The molecule has 1 saturated carbocycles. The van der Waals surface area contributed by atoms with Gasteiger partial charge < -0.3 is 9.84 Å². The smallest absolute Gasteiger partial charge is 0.0686 e. The van der Waals surface area contributed by atoms with Gasteiger partial charge in [-0.2, -0.15) is 11.8 Å². The molecule has 1 aliphatic carbocycles. The number of ether oxygens (including phenoxy) is 1. The molecule has 0 bridgehead atoms. The van der Waals surface area contributed by atoms with Crippen molar-refractivity contribution in [2.45, 2.75) is 69.3 Å². The van der Waals surface area contributed by atoms with Crippen LogP contribution in [-0.4, -0.2) is 34.4 Å². The minimum absolute atomic E-state index is 0.129. The van der Waals surface area contributed by atoms with Crippen LogP contribution < -0.4 is 0 Å². The van der Waals surface area contributed by atoms with Gasteiger partial charge in [-0.05, 0) is 44.4 Å². The molecule has 2 rings (SSSR count). The molecule has 3 atom stereocenters. The van der Waals surface area contributed by atoms with Crippen molar-refractivity contribution in [3.63, 3.8) is 0 Å². The molecule has 1 saturated heterocycles. The molecule has 0 aromatic carbocycles. The van der Waals surface area contributed by atoms with E-state index in [-0.39, 0.29) is 11.7 Å². The van der Waals surface area contributed by atoms with Gasteiger partial charge in [0.15, 0.2) is 0 Å². The first-order chi connectivity index (χ1) is 8.15. The Bertz CT molecular complexity index is 240. The second kappa shape index (κ2) is 5.94. The summed E-state index contributed by atoms with van der Waals surface area (Å²) in [4.78, 5) is 0. The van der Waals surface area contributed by atoms with Gasteiger partial charge in [-0.3, -0.25) is 0 Å². The van der Waals surface area contributed by atoms with E-state index in [1.165, 1.54) is 25.7 Å². The Morgan fingerprint density at radius 2 is 2.24 bits per heavy atom. The Morgan fingerprint density at radius 1 is 1.47 bits per heavy atom. The highest BCUT2D eigenvalue weighted by molar-refractivity contribution is 7.99. The highest BCUT2D eigenvalue weighted by Gasteiger charge is 2.43. The van der Waals surface area contributed by atoms with Crippen LogP contribution in [0.15, 0.2) is 0 Å². The molecular formula is C14H26O2S. The third-order valence-corrected chi connectivity index (χ3v) is 5.90. The van der Waals surface area contributed by atoms with Gasteiger partial charge in [-0.1, -0.05) is 13.8 Å². The van der Waals surface area contributed by atoms with Crippen LogP contribution >= 0.6 is 11.8 Å². The Morgan fingerprint density at radius 3 is 2.82 bits per heavy atom. The van der Waals surface area contributed by atoms with Crippen LogP contribution in [0.5, 0.6) is 0 Å². The summed E-state index contributed by atoms with van der Waals surface area (Å²) in [5.74, 6) is 1.37. The van der Waals surface area contributed by atoms with E-state index < -0.39 is 0 Å². The molecule has 0 amide bonds. The van der Waals surface area contributed by atoms with Gasteiger partial charge in [0, 0.05) is 17.6 Å². The van der Waals surface area contributed by atoms with Gasteiger partial charge >= 0.3 is 0 Å². The fourth-order valence-electron chi connectivity index (χ4n) is 2.83. The highest BCUT2D eigenvalue weighted by atomic mass is 32.2. The third-order valence-electron chi connectivity index (χ3n) is 4.47. The summed E-state index contributed by atoms with van der Waals surface area (Å²) >= 11 is 1.91. The summed E-state index contributed by atoms with van der Waals surface area (Å²) in [6.07, 6.45) is 6.94. The second-order valence-electron chi connectivity index (χ2n) is 5.76. The molecular weight excluding hydrogens is 232 g/mol. The lowest BCUT2D eigenvalue weighted by atomic mass is 9.71. The standard InChI is InChI=1S/C14H26O2S/c1-3-11(2)17-10-13(15)12-5-8-16-14(9-12)6-4-7-14/h11-13,15H,3-10H2,1-2H3. The van der Waals surface area contributed by atoms with Crippen LogP contribution in [0.2, 0.25) is 0 Å². The van der Waals surface area contributed by atoms with Crippen LogP contribution in [0.25, 0.3) is 0 Å². The summed E-state index contributed by atoms with van der Waals surface area (Å²) in [7, 11) is 0. The van der Waals surface area contributed by atoms with E-state index in [9.17, 15) is 5.11 Å². The molecule has 2 nitrogen and oxygen atoms in total. The Kier molecular flexibility index (Phi) is 4.79. The van der Waals surface area contributed by atoms with Crippen LogP contribution in [-0.2, 0) is 4.74 Å². The van der Waals surface area contributed by atoms with E-state index in [0.717, 1.165) is 25.2 Å². The van der Waals surface area contributed by atoms with Crippen molar-refractivity contribution >= 4 is 11.8 Å². The van der Waals surface area contributed by atoms with Crippen molar-refractivity contribution in [2.75, 3.05) is 12.4 Å². The van der Waals surface area contributed by atoms with Gasteiger partial charge in [0.05, 0.1) is 11.7 Å². The number of rotatable bonds is 5. The van der Waals surface area contributed by atoms with E-state index in [2.05, 4.69) is 13.8 Å². The zero-order chi connectivity index (χ0) is 12.3. The zero-order valence-corrected chi connectivity index (χ0v) is 12.0. The molecule has 0 aromatic rings. The average Bonchev–Trinajstić information content (AvgIpc) is 2.33. The number of hydrogen-bond acceptors (Lipinski definition) is 3. The normalized spacial score (nSPS) is 30.9. The van der Waals surface area contributed by atoms with Crippen LogP contribution in [0.3, 0.4) is 0 Å². The summed E-state index contributed by atoms with van der Waals surface area (Å²) in [5.41, 5.74) is 0.172. The molecule has 2 fully saturated rings. The molecule has 1 N–H and O–H groups in total. The maximum atomic E-state index is 10.3. The fraction of sp³-hybridized carbons (Fsp3) is 1.00. The van der Waals surface area contributed by atoms with Crippen molar-refractivity contribution in [2.24, 2.45) is 5.92 Å². The molecule has 1 spiro atoms. The lowest BCUT2D eigenvalue weighted by molar-refractivity contribution is -0.154. The molecule has 0 aromatic heterocycles. The number of thioether (sulfide) groups is 1. The molecule has 0 radical (unpaired) electrons. The molecule has 100 valence electrons. The van der Waals surface area contributed by atoms with Gasteiger partial charge in [0.2, 0.25) is 0 Å². The summed E-state index contributed by atoms with van der Waals surface area (Å²) in [6.45, 7) is 5.31. The molecule has 1 aliphatic heterocycles. The lowest BCUT2D eigenvalue weighted by Gasteiger charge is -2.48. The summed E-state index contributed by atoms with van der Waals surface area (Å²) in [6, 6.07) is 0. The second-order valence-corrected chi connectivity index (χ2v) is 7.23. The Labute approximate surface area is 110 Å². The number of hydrogen-bond donors (Lipinski definition) is 1. The van der Waals surface area contributed by atoms with Crippen molar-refractivity contribution < 1.29 is 9.84 Å². The monoisotopic (exact) mass is 258 g/mol. The number of aliphatic hydroxyl groups is 1. The highest BCUT2D eigenvalue weighted by Crippen LogP contribution is 2.45. The first-order valence-electron chi connectivity index (χ1n) is 7.09. The molecule has 3 heteroatoms. The minimum atomic E-state index is -0.129. The largest absolute Gasteiger partial charge is 0.392 e. The van der Waals surface area contributed by atoms with Crippen LogP contribution in [0.1, 0.15) is 52.4 Å². The first kappa shape index (κ1) is 13.7. The SMILES string of the molecule is CCC(C)SCC(O)C1CCOC2(CCC2)C1. The van der Waals surface area contributed by atoms with Crippen LogP contribution in [0.4, 0.5) is 0 Å². The van der Waals surface area contributed by atoms with Crippen molar-refractivity contribution in [1.82, 2.24) is 0 Å². The predicted molar refractivity (Wildman–Crippen MR) is 73.5 cm³/mol.